The quantitative estimate of drug-likeness (QED) is 0.779. The summed E-state index contributed by atoms with van der Waals surface area (Å²) in [6.45, 7) is 6.04. The van der Waals surface area contributed by atoms with E-state index in [0.29, 0.717) is 6.04 Å². The molecule has 0 spiro atoms. The van der Waals surface area contributed by atoms with Crippen LogP contribution in [0.1, 0.15) is 25.3 Å². The van der Waals surface area contributed by atoms with Crippen molar-refractivity contribution >= 4 is 15.9 Å². The molecule has 1 N–H and O–H groups in total. The third-order valence-electron chi connectivity index (χ3n) is 2.75. The molecular formula is C14H20BrN. The van der Waals surface area contributed by atoms with Gasteiger partial charge in [-0.05, 0) is 44.9 Å². The Labute approximate surface area is 107 Å². The molecule has 0 aliphatic rings. The highest BCUT2D eigenvalue weighted by atomic mass is 79.9. The van der Waals surface area contributed by atoms with Crippen LogP contribution >= 0.6 is 15.9 Å². The first-order valence-corrected chi connectivity index (χ1v) is 6.48. The Morgan fingerprint density at radius 2 is 2.12 bits per heavy atom. The fourth-order valence-electron chi connectivity index (χ4n) is 1.70. The summed E-state index contributed by atoms with van der Waals surface area (Å²) in [5, 5.41) is 3.37. The van der Waals surface area contributed by atoms with Crippen LogP contribution in [-0.4, -0.2) is 13.1 Å². The molecule has 2 heteroatoms. The van der Waals surface area contributed by atoms with Gasteiger partial charge in [0.25, 0.3) is 0 Å². The first kappa shape index (κ1) is 13.5. The van der Waals surface area contributed by atoms with Crippen molar-refractivity contribution in [2.24, 2.45) is 0 Å². The van der Waals surface area contributed by atoms with Crippen LogP contribution < -0.4 is 5.32 Å². The fraction of sp³-hybridized carbons (Fsp3) is 0.429. The zero-order chi connectivity index (χ0) is 12.0. The highest BCUT2D eigenvalue weighted by molar-refractivity contribution is 9.10. The molecule has 1 aromatic carbocycles. The van der Waals surface area contributed by atoms with Crippen LogP contribution in [0.25, 0.3) is 0 Å². The average Bonchev–Trinajstić information content (AvgIpc) is 2.26. The molecule has 16 heavy (non-hydrogen) atoms. The maximum absolute atomic E-state index is 3.95. The minimum atomic E-state index is 0.524. The molecule has 0 aromatic heterocycles. The molecule has 1 nitrogen and oxygen atoms in total. The van der Waals surface area contributed by atoms with E-state index in [4.69, 9.17) is 0 Å². The van der Waals surface area contributed by atoms with Gasteiger partial charge in [-0.15, -0.1) is 6.58 Å². The lowest BCUT2D eigenvalue weighted by Gasteiger charge is -2.17. The largest absolute Gasteiger partial charge is 0.317 e. The van der Waals surface area contributed by atoms with Crippen molar-refractivity contribution in [1.29, 1.82) is 0 Å². The van der Waals surface area contributed by atoms with E-state index >= 15 is 0 Å². The SMILES string of the molecule is C=C(C)CCC(Cc1ccccc1Br)NC. The summed E-state index contributed by atoms with van der Waals surface area (Å²) in [6.07, 6.45) is 3.30. The van der Waals surface area contributed by atoms with Crippen molar-refractivity contribution in [3.8, 4) is 0 Å². The lowest BCUT2D eigenvalue weighted by Crippen LogP contribution is -2.27. The molecule has 0 bridgehead atoms. The van der Waals surface area contributed by atoms with E-state index in [9.17, 15) is 0 Å². The average molecular weight is 282 g/mol. The van der Waals surface area contributed by atoms with E-state index in [2.05, 4.69) is 59.0 Å². The van der Waals surface area contributed by atoms with Crippen molar-refractivity contribution < 1.29 is 0 Å². The molecule has 1 rings (SSSR count). The molecule has 0 aliphatic heterocycles. The minimum Gasteiger partial charge on any atom is -0.317 e. The molecule has 0 saturated carbocycles. The first-order chi connectivity index (χ1) is 7.63. The zero-order valence-corrected chi connectivity index (χ0v) is 11.7. The summed E-state index contributed by atoms with van der Waals surface area (Å²) in [5.41, 5.74) is 2.62. The van der Waals surface area contributed by atoms with E-state index in [1.807, 2.05) is 7.05 Å². The highest BCUT2D eigenvalue weighted by Gasteiger charge is 2.08. The Bertz CT molecular complexity index is 346. The van der Waals surface area contributed by atoms with Gasteiger partial charge in [0, 0.05) is 10.5 Å². The lowest BCUT2D eigenvalue weighted by atomic mass is 10.0. The van der Waals surface area contributed by atoms with Crippen molar-refractivity contribution in [3.05, 3.63) is 46.5 Å². The highest BCUT2D eigenvalue weighted by Crippen LogP contribution is 2.19. The number of benzene rings is 1. The number of allylic oxidation sites excluding steroid dienone is 1. The summed E-state index contributed by atoms with van der Waals surface area (Å²) >= 11 is 3.59. The monoisotopic (exact) mass is 281 g/mol. The predicted molar refractivity (Wildman–Crippen MR) is 74.7 cm³/mol. The molecule has 0 amide bonds. The molecule has 1 aromatic rings. The Kier molecular flexibility index (Phi) is 5.78. The number of likely N-dealkylation sites (N-methyl/N-ethyl adjacent to an activating group) is 1. The Balaban J connectivity index is 2.56. The second-order valence-corrected chi connectivity index (χ2v) is 5.13. The number of rotatable bonds is 6. The molecule has 1 unspecified atom stereocenters. The molecule has 0 aliphatic carbocycles. The van der Waals surface area contributed by atoms with Gasteiger partial charge in [0.1, 0.15) is 0 Å². The van der Waals surface area contributed by atoms with Crippen molar-refractivity contribution in [2.45, 2.75) is 32.2 Å². The normalized spacial score (nSPS) is 12.4. The lowest BCUT2D eigenvalue weighted by molar-refractivity contribution is 0.519. The van der Waals surface area contributed by atoms with Crippen LogP contribution in [-0.2, 0) is 6.42 Å². The molecule has 0 saturated heterocycles. The van der Waals surface area contributed by atoms with Gasteiger partial charge in [-0.2, -0.15) is 0 Å². The number of halogens is 1. The maximum Gasteiger partial charge on any atom is 0.0207 e. The van der Waals surface area contributed by atoms with E-state index in [-0.39, 0.29) is 0 Å². The second-order valence-electron chi connectivity index (χ2n) is 4.28. The summed E-state index contributed by atoms with van der Waals surface area (Å²) in [6, 6.07) is 8.94. The molecule has 0 fully saturated rings. The number of hydrogen-bond donors (Lipinski definition) is 1. The van der Waals surface area contributed by atoms with Crippen molar-refractivity contribution in [1.82, 2.24) is 5.32 Å². The van der Waals surface area contributed by atoms with Gasteiger partial charge in [0.2, 0.25) is 0 Å². The van der Waals surface area contributed by atoms with Gasteiger partial charge in [0.05, 0.1) is 0 Å². The van der Waals surface area contributed by atoms with Crippen LogP contribution in [0.4, 0.5) is 0 Å². The molecule has 0 heterocycles. The summed E-state index contributed by atoms with van der Waals surface area (Å²) < 4.78 is 1.20. The summed E-state index contributed by atoms with van der Waals surface area (Å²) in [4.78, 5) is 0. The topological polar surface area (TPSA) is 12.0 Å². The third kappa shape index (κ3) is 4.50. The zero-order valence-electron chi connectivity index (χ0n) is 10.1. The molecule has 0 radical (unpaired) electrons. The molecule has 88 valence electrons. The van der Waals surface area contributed by atoms with E-state index < -0.39 is 0 Å². The van der Waals surface area contributed by atoms with Gasteiger partial charge in [-0.3, -0.25) is 0 Å². The minimum absolute atomic E-state index is 0.524. The van der Waals surface area contributed by atoms with Gasteiger partial charge < -0.3 is 5.32 Å². The van der Waals surface area contributed by atoms with E-state index in [1.165, 1.54) is 15.6 Å². The third-order valence-corrected chi connectivity index (χ3v) is 3.53. The van der Waals surface area contributed by atoms with Crippen LogP contribution in [0.3, 0.4) is 0 Å². The van der Waals surface area contributed by atoms with Crippen molar-refractivity contribution in [3.63, 3.8) is 0 Å². The second kappa shape index (κ2) is 6.87. The molecular weight excluding hydrogens is 262 g/mol. The van der Waals surface area contributed by atoms with Crippen LogP contribution in [0.15, 0.2) is 40.9 Å². The smallest absolute Gasteiger partial charge is 0.0207 e. The Hall–Kier alpha value is -0.600. The summed E-state index contributed by atoms with van der Waals surface area (Å²) in [7, 11) is 2.03. The van der Waals surface area contributed by atoms with Gasteiger partial charge >= 0.3 is 0 Å². The Morgan fingerprint density at radius 1 is 1.44 bits per heavy atom. The van der Waals surface area contributed by atoms with Gasteiger partial charge in [-0.25, -0.2) is 0 Å². The van der Waals surface area contributed by atoms with Crippen molar-refractivity contribution in [2.75, 3.05) is 7.05 Å². The Morgan fingerprint density at radius 3 is 2.69 bits per heavy atom. The maximum atomic E-state index is 3.95. The number of hydrogen-bond acceptors (Lipinski definition) is 1. The number of nitrogens with one attached hydrogen (secondary N) is 1. The van der Waals surface area contributed by atoms with E-state index in [0.717, 1.165) is 19.3 Å². The van der Waals surface area contributed by atoms with Gasteiger partial charge in [0.15, 0.2) is 0 Å². The summed E-state index contributed by atoms with van der Waals surface area (Å²) in [5.74, 6) is 0. The van der Waals surface area contributed by atoms with Crippen LogP contribution in [0.5, 0.6) is 0 Å². The van der Waals surface area contributed by atoms with E-state index in [1.54, 1.807) is 0 Å². The predicted octanol–water partition coefficient (Wildman–Crippen LogP) is 3.94. The van der Waals surface area contributed by atoms with Crippen LogP contribution in [0, 0.1) is 0 Å². The molecule has 1 atom stereocenters. The fourth-order valence-corrected chi connectivity index (χ4v) is 2.15. The first-order valence-electron chi connectivity index (χ1n) is 5.68. The van der Waals surface area contributed by atoms with Gasteiger partial charge in [-0.1, -0.05) is 39.7 Å². The standard InChI is InChI=1S/C14H20BrN/c1-11(2)8-9-13(16-3)10-12-6-4-5-7-14(12)15/h4-7,13,16H,1,8-10H2,2-3H3. The van der Waals surface area contributed by atoms with Crippen LogP contribution in [0.2, 0.25) is 0 Å².